The molecule has 0 bridgehead atoms. The molecule has 24 heavy (non-hydrogen) atoms. The molecular formula is C17H11F3N2O2. The number of primary amides is 1. The maximum atomic E-state index is 13.1. The van der Waals surface area contributed by atoms with E-state index in [0.717, 1.165) is 6.07 Å². The van der Waals surface area contributed by atoms with Crippen LogP contribution in [0.2, 0.25) is 0 Å². The number of nitrogens with two attached hydrogens (primary N) is 1. The van der Waals surface area contributed by atoms with E-state index < -0.39 is 17.6 Å². The number of carbonyl (C=O) groups excluding carboxylic acids is 1. The molecular weight excluding hydrogens is 321 g/mol. The zero-order valence-electron chi connectivity index (χ0n) is 12.2. The molecule has 0 unspecified atom stereocenters. The third-order valence-electron chi connectivity index (χ3n) is 3.35. The number of benzene rings is 2. The molecule has 0 aliphatic carbocycles. The second-order valence-corrected chi connectivity index (χ2v) is 4.99. The molecule has 7 heteroatoms. The van der Waals surface area contributed by atoms with Crippen LogP contribution in [0.1, 0.15) is 15.9 Å². The van der Waals surface area contributed by atoms with E-state index in [2.05, 4.69) is 4.99 Å². The number of hydrogen-bond donors (Lipinski definition) is 1. The molecule has 0 radical (unpaired) electrons. The third kappa shape index (κ3) is 3.01. The van der Waals surface area contributed by atoms with Crippen molar-refractivity contribution in [2.75, 3.05) is 0 Å². The van der Waals surface area contributed by atoms with Crippen molar-refractivity contribution >= 4 is 22.6 Å². The van der Waals surface area contributed by atoms with Crippen molar-refractivity contribution < 1.29 is 22.4 Å². The summed E-state index contributed by atoms with van der Waals surface area (Å²) in [5, 5.41) is 0.592. The van der Waals surface area contributed by atoms with Crippen molar-refractivity contribution in [3.05, 3.63) is 71.3 Å². The van der Waals surface area contributed by atoms with Crippen molar-refractivity contribution in [1.29, 1.82) is 0 Å². The predicted octanol–water partition coefficient (Wildman–Crippen LogP) is 3.78. The number of amides is 1. The van der Waals surface area contributed by atoms with Crippen LogP contribution >= 0.6 is 0 Å². The van der Waals surface area contributed by atoms with E-state index in [0.29, 0.717) is 11.0 Å². The van der Waals surface area contributed by atoms with Crippen molar-refractivity contribution in [2.24, 2.45) is 10.7 Å². The normalized spacial score (nSPS) is 12.5. The molecule has 0 fully saturated rings. The molecule has 0 saturated heterocycles. The minimum absolute atomic E-state index is 0.0920. The van der Waals surface area contributed by atoms with Crippen LogP contribution in [0.15, 0.2) is 64.0 Å². The molecule has 0 atom stereocenters. The van der Waals surface area contributed by atoms with Crippen LogP contribution in [0, 0.1) is 0 Å². The number of halogens is 3. The van der Waals surface area contributed by atoms with Gasteiger partial charge in [-0.1, -0.05) is 30.3 Å². The highest BCUT2D eigenvalue weighted by Crippen LogP contribution is 2.35. The summed E-state index contributed by atoms with van der Waals surface area (Å²) < 4.78 is 44.7. The topological polar surface area (TPSA) is 68.6 Å². The standard InChI is InChI=1S/C17H11F3N2O2/c18-17(19,20)12-6-2-3-7-13(12)22-16-11(15(21)23)9-10-5-1-4-8-14(10)24-16/h1-9H,(H2,21,23). The number of carbonyl (C=O) groups is 1. The second-order valence-electron chi connectivity index (χ2n) is 4.99. The van der Waals surface area contributed by atoms with E-state index in [-0.39, 0.29) is 16.8 Å². The summed E-state index contributed by atoms with van der Waals surface area (Å²) in [7, 11) is 0. The summed E-state index contributed by atoms with van der Waals surface area (Å²) in [6.45, 7) is 0. The van der Waals surface area contributed by atoms with Crippen LogP contribution in [0.3, 0.4) is 0 Å². The summed E-state index contributed by atoms with van der Waals surface area (Å²) in [4.78, 5) is 15.5. The Bertz CT molecular complexity index is 991. The van der Waals surface area contributed by atoms with E-state index in [1.165, 1.54) is 24.3 Å². The molecule has 2 N–H and O–H groups in total. The highest BCUT2D eigenvalue weighted by Gasteiger charge is 2.33. The Hall–Kier alpha value is -3.09. The minimum Gasteiger partial charge on any atom is -0.438 e. The lowest BCUT2D eigenvalue weighted by Gasteiger charge is -2.09. The molecule has 0 saturated carbocycles. The number of fused-ring (bicyclic) bond motifs is 1. The minimum atomic E-state index is -4.58. The van der Waals surface area contributed by atoms with Crippen molar-refractivity contribution in [3.8, 4) is 0 Å². The van der Waals surface area contributed by atoms with Crippen molar-refractivity contribution in [2.45, 2.75) is 6.18 Å². The van der Waals surface area contributed by atoms with E-state index >= 15 is 0 Å². The van der Waals surface area contributed by atoms with E-state index in [4.69, 9.17) is 10.2 Å². The van der Waals surface area contributed by atoms with E-state index in [9.17, 15) is 18.0 Å². The van der Waals surface area contributed by atoms with Gasteiger partial charge in [0.25, 0.3) is 5.91 Å². The van der Waals surface area contributed by atoms with Crippen LogP contribution in [-0.2, 0) is 6.18 Å². The number of para-hydroxylation sites is 2. The van der Waals surface area contributed by atoms with Gasteiger partial charge in [-0.15, -0.1) is 0 Å². The average molecular weight is 332 g/mol. The molecule has 1 aromatic heterocycles. The van der Waals surface area contributed by atoms with Gasteiger partial charge in [0.05, 0.1) is 11.3 Å². The Balaban J connectivity index is 2.32. The van der Waals surface area contributed by atoms with Gasteiger partial charge in [0.2, 0.25) is 5.55 Å². The summed E-state index contributed by atoms with van der Waals surface area (Å²) >= 11 is 0. The molecule has 0 spiro atoms. The summed E-state index contributed by atoms with van der Waals surface area (Å²) in [5.41, 5.74) is 4.04. The van der Waals surface area contributed by atoms with Crippen LogP contribution in [-0.4, -0.2) is 5.91 Å². The Labute approximate surface area is 134 Å². The molecule has 4 nitrogen and oxygen atoms in total. The number of rotatable bonds is 2. The Kier molecular flexibility index (Phi) is 3.84. The molecule has 0 aliphatic rings. The summed E-state index contributed by atoms with van der Waals surface area (Å²) in [5.74, 6) is -0.840. The van der Waals surface area contributed by atoms with Gasteiger partial charge in [0, 0.05) is 5.39 Å². The van der Waals surface area contributed by atoms with Crippen LogP contribution in [0.5, 0.6) is 0 Å². The van der Waals surface area contributed by atoms with Crippen LogP contribution in [0.4, 0.5) is 18.9 Å². The first-order chi connectivity index (χ1) is 11.4. The van der Waals surface area contributed by atoms with Gasteiger partial charge in [-0.3, -0.25) is 4.79 Å². The van der Waals surface area contributed by atoms with Gasteiger partial charge < -0.3 is 10.2 Å². The monoisotopic (exact) mass is 332 g/mol. The van der Waals surface area contributed by atoms with Crippen molar-refractivity contribution in [3.63, 3.8) is 0 Å². The van der Waals surface area contributed by atoms with Gasteiger partial charge in [0.1, 0.15) is 11.1 Å². The fraction of sp³-hybridized carbons (Fsp3) is 0.0588. The van der Waals surface area contributed by atoms with Gasteiger partial charge in [-0.25, -0.2) is 4.99 Å². The first-order valence-corrected chi connectivity index (χ1v) is 6.90. The molecule has 3 rings (SSSR count). The Morgan fingerprint density at radius 2 is 1.71 bits per heavy atom. The van der Waals surface area contributed by atoms with E-state index in [1.807, 2.05) is 0 Å². The maximum Gasteiger partial charge on any atom is 0.418 e. The highest BCUT2D eigenvalue weighted by atomic mass is 19.4. The van der Waals surface area contributed by atoms with Gasteiger partial charge in [-0.2, -0.15) is 13.2 Å². The molecule has 1 amide bonds. The number of nitrogens with zero attached hydrogens (tertiary/aromatic N) is 1. The first-order valence-electron chi connectivity index (χ1n) is 6.90. The summed E-state index contributed by atoms with van der Waals surface area (Å²) in [6.07, 6.45) is -4.58. The fourth-order valence-electron chi connectivity index (χ4n) is 2.25. The second kappa shape index (κ2) is 5.84. The van der Waals surface area contributed by atoms with Gasteiger partial charge >= 0.3 is 6.18 Å². The molecule has 0 aliphatic heterocycles. The quantitative estimate of drug-likeness (QED) is 0.776. The Morgan fingerprint density at radius 1 is 1.04 bits per heavy atom. The van der Waals surface area contributed by atoms with Crippen molar-refractivity contribution in [1.82, 2.24) is 0 Å². The molecule has 2 aromatic carbocycles. The lowest BCUT2D eigenvalue weighted by Crippen LogP contribution is -2.22. The number of alkyl halides is 3. The first kappa shape index (κ1) is 15.8. The smallest absolute Gasteiger partial charge is 0.418 e. The predicted molar refractivity (Wildman–Crippen MR) is 81.4 cm³/mol. The lowest BCUT2D eigenvalue weighted by molar-refractivity contribution is -0.137. The van der Waals surface area contributed by atoms with E-state index in [1.54, 1.807) is 24.3 Å². The highest BCUT2D eigenvalue weighted by molar-refractivity contribution is 5.95. The third-order valence-corrected chi connectivity index (χ3v) is 3.35. The fourth-order valence-corrected chi connectivity index (χ4v) is 2.25. The van der Waals surface area contributed by atoms with Gasteiger partial charge in [-0.05, 0) is 24.3 Å². The summed E-state index contributed by atoms with van der Waals surface area (Å²) in [6, 6.07) is 13.0. The van der Waals surface area contributed by atoms with Crippen LogP contribution < -0.4 is 11.3 Å². The zero-order valence-corrected chi connectivity index (χ0v) is 12.2. The largest absolute Gasteiger partial charge is 0.438 e. The van der Waals surface area contributed by atoms with Crippen LogP contribution in [0.25, 0.3) is 11.0 Å². The zero-order chi connectivity index (χ0) is 17.3. The maximum absolute atomic E-state index is 13.1. The Morgan fingerprint density at radius 3 is 2.42 bits per heavy atom. The lowest BCUT2D eigenvalue weighted by atomic mass is 10.1. The SMILES string of the molecule is NC(=O)c1cc2ccccc2oc1=Nc1ccccc1C(F)(F)F. The number of hydrogen-bond acceptors (Lipinski definition) is 3. The molecule has 3 aromatic rings. The molecule has 122 valence electrons. The van der Waals surface area contributed by atoms with Gasteiger partial charge in [0.15, 0.2) is 0 Å². The molecule has 1 heterocycles. The average Bonchev–Trinajstić information content (AvgIpc) is 2.53.